The van der Waals surface area contributed by atoms with Crippen molar-refractivity contribution in [3.63, 3.8) is 0 Å². The number of carbonyl (C=O) groups excluding carboxylic acids is 1. The molecule has 0 bridgehead atoms. The number of carbonyl (C=O) groups is 1. The molecule has 3 N–H and O–H groups in total. The van der Waals surface area contributed by atoms with Gasteiger partial charge < -0.3 is 16.0 Å². The molecule has 110 valence electrons. The highest BCUT2D eigenvalue weighted by molar-refractivity contribution is 6.31. The Bertz CT molecular complexity index is 413. The van der Waals surface area contributed by atoms with E-state index in [1.54, 1.807) is 19.1 Å². The van der Waals surface area contributed by atoms with E-state index >= 15 is 0 Å². The first-order valence-electron chi connectivity index (χ1n) is 5.43. The fraction of sp³-hybridized carbons (Fsp3) is 0.417. The van der Waals surface area contributed by atoms with E-state index in [9.17, 15) is 4.79 Å². The summed E-state index contributed by atoms with van der Waals surface area (Å²) >= 11 is 5.92. The van der Waals surface area contributed by atoms with E-state index in [2.05, 4.69) is 5.32 Å². The number of nitrogens with one attached hydrogen (secondary N) is 1. The number of halogens is 3. The highest BCUT2D eigenvalue weighted by Crippen LogP contribution is 2.28. The van der Waals surface area contributed by atoms with Crippen LogP contribution < -0.4 is 16.0 Å². The molecule has 1 aromatic rings. The summed E-state index contributed by atoms with van der Waals surface area (Å²) in [5, 5.41) is 3.43. The smallest absolute Gasteiger partial charge is 0.228 e. The van der Waals surface area contributed by atoms with Crippen molar-refractivity contribution in [1.82, 2.24) is 0 Å². The number of nitrogens with zero attached hydrogens (tertiary/aromatic N) is 1. The van der Waals surface area contributed by atoms with E-state index in [1.165, 1.54) is 0 Å². The van der Waals surface area contributed by atoms with Crippen molar-refractivity contribution in [1.29, 1.82) is 0 Å². The molecule has 0 spiro atoms. The van der Waals surface area contributed by atoms with E-state index in [1.807, 2.05) is 25.1 Å². The zero-order valence-corrected chi connectivity index (χ0v) is 13.5. The third-order valence-corrected chi connectivity index (χ3v) is 2.73. The van der Waals surface area contributed by atoms with Crippen molar-refractivity contribution in [2.75, 3.05) is 30.9 Å². The predicted molar refractivity (Wildman–Crippen MR) is 87.1 cm³/mol. The molecule has 0 aliphatic heterocycles. The van der Waals surface area contributed by atoms with Gasteiger partial charge in [-0.15, -0.1) is 24.8 Å². The zero-order valence-electron chi connectivity index (χ0n) is 11.1. The molecule has 4 nitrogen and oxygen atoms in total. The highest BCUT2D eigenvalue weighted by atomic mass is 35.5. The molecule has 0 saturated carbocycles. The van der Waals surface area contributed by atoms with Gasteiger partial charge in [-0.1, -0.05) is 18.5 Å². The van der Waals surface area contributed by atoms with Crippen molar-refractivity contribution >= 4 is 53.7 Å². The van der Waals surface area contributed by atoms with E-state index in [-0.39, 0.29) is 36.6 Å². The SMILES string of the molecule is CC(CN)C(=O)Nc1cc(Cl)ccc1N(C)C.Cl.Cl. The molecule has 0 saturated heterocycles. The van der Waals surface area contributed by atoms with Crippen LogP contribution in [0.5, 0.6) is 0 Å². The Balaban J connectivity index is 0. The van der Waals surface area contributed by atoms with Crippen molar-refractivity contribution in [2.24, 2.45) is 11.7 Å². The molecule has 1 amide bonds. The van der Waals surface area contributed by atoms with Gasteiger partial charge in [0.1, 0.15) is 0 Å². The molecule has 1 aromatic carbocycles. The molecule has 0 aromatic heterocycles. The Morgan fingerprint density at radius 2 is 2.00 bits per heavy atom. The van der Waals surface area contributed by atoms with Gasteiger partial charge in [-0.3, -0.25) is 4.79 Å². The molecule has 0 aliphatic rings. The Kier molecular flexibility index (Phi) is 10.1. The van der Waals surface area contributed by atoms with Gasteiger partial charge in [-0.05, 0) is 18.2 Å². The van der Waals surface area contributed by atoms with Crippen molar-refractivity contribution in [3.05, 3.63) is 23.2 Å². The van der Waals surface area contributed by atoms with Gasteiger partial charge in [0, 0.05) is 31.6 Å². The Hall–Kier alpha value is -0.680. The zero-order chi connectivity index (χ0) is 13.0. The second-order valence-corrected chi connectivity index (χ2v) is 4.62. The third-order valence-electron chi connectivity index (χ3n) is 2.50. The minimum atomic E-state index is -0.219. The molecule has 1 unspecified atom stereocenters. The van der Waals surface area contributed by atoms with Crippen molar-refractivity contribution in [3.8, 4) is 0 Å². The number of benzene rings is 1. The molecule has 1 rings (SSSR count). The molecule has 0 heterocycles. The summed E-state index contributed by atoms with van der Waals surface area (Å²) in [6, 6.07) is 5.39. The molecule has 19 heavy (non-hydrogen) atoms. The summed E-state index contributed by atoms with van der Waals surface area (Å²) in [5.74, 6) is -0.318. The van der Waals surface area contributed by atoms with Gasteiger partial charge in [-0.25, -0.2) is 0 Å². The quantitative estimate of drug-likeness (QED) is 0.893. The van der Waals surface area contributed by atoms with E-state index in [4.69, 9.17) is 17.3 Å². The van der Waals surface area contributed by atoms with Gasteiger partial charge in [-0.2, -0.15) is 0 Å². The highest BCUT2D eigenvalue weighted by Gasteiger charge is 2.14. The predicted octanol–water partition coefficient (Wildman–Crippen LogP) is 2.78. The Labute approximate surface area is 131 Å². The maximum absolute atomic E-state index is 11.8. The van der Waals surface area contributed by atoms with Crippen molar-refractivity contribution in [2.45, 2.75) is 6.92 Å². The average Bonchev–Trinajstić information content (AvgIpc) is 2.27. The lowest BCUT2D eigenvalue weighted by Crippen LogP contribution is -2.27. The van der Waals surface area contributed by atoms with Gasteiger partial charge in [0.2, 0.25) is 5.91 Å². The molecular weight excluding hydrogens is 309 g/mol. The van der Waals surface area contributed by atoms with Crippen LogP contribution in [0.4, 0.5) is 11.4 Å². The summed E-state index contributed by atoms with van der Waals surface area (Å²) < 4.78 is 0. The number of nitrogens with two attached hydrogens (primary N) is 1. The van der Waals surface area contributed by atoms with Crippen LogP contribution in [-0.2, 0) is 4.79 Å². The average molecular weight is 329 g/mol. The third kappa shape index (κ3) is 5.87. The topological polar surface area (TPSA) is 58.4 Å². The second kappa shape index (κ2) is 9.26. The van der Waals surface area contributed by atoms with Crippen LogP contribution in [0.25, 0.3) is 0 Å². The first kappa shape index (κ1) is 20.6. The van der Waals surface area contributed by atoms with Crippen LogP contribution in [0, 0.1) is 5.92 Å². The fourth-order valence-electron chi connectivity index (χ4n) is 1.36. The summed E-state index contributed by atoms with van der Waals surface area (Å²) in [4.78, 5) is 13.7. The minimum absolute atomic E-state index is 0. The molecule has 0 fully saturated rings. The van der Waals surface area contributed by atoms with Crippen LogP contribution in [0.15, 0.2) is 18.2 Å². The molecule has 1 atom stereocenters. The van der Waals surface area contributed by atoms with E-state index in [0.717, 1.165) is 5.69 Å². The standard InChI is InChI=1S/C12H18ClN3O.2ClH/c1-8(7-14)12(17)15-10-6-9(13)4-5-11(10)16(2)3;;/h4-6,8H,7,14H2,1-3H3,(H,15,17);2*1H. The Morgan fingerprint density at radius 3 is 2.47 bits per heavy atom. The summed E-state index contributed by atoms with van der Waals surface area (Å²) in [7, 11) is 3.82. The van der Waals surface area contributed by atoms with Crippen LogP contribution in [0.1, 0.15) is 6.92 Å². The van der Waals surface area contributed by atoms with E-state index < -0.39 is 0 Å². The van der Waals surface area contributed by atoms with Gasteiger partial charge >= 0.3 is 0 Å². The summed E-state index contributed by atoms with van der Waals surface area (Å²) in [6.45, 7) is 2.11. The van der Waals surface area contributed by atoms with Crippen LogP contribution in [0.3, 0.4) is 0 Å². The number of rotatable bonds is 4. The number of hydrogen-bond acceptors (Lipinski definition) is 3. The second-order valence-electron chi connectivity index (χ2n) is 4.18. The van der Waals surface area contributed by atoms with Gasteiger partial charge in [0.15, 0.2) is 0 Å². The summed E-state index contributed by atoms with van der Waals surface area (Å²) in [6.07, 6.45) is 0. The number of anilines is 2. The monoisotopic (exact) mass is 327 g/mol. The van der Waals surface area contributed by atoms with Crippen LogP contribution in [0.2, 0.25) is 5.02 Å². The first-order chi connectivity index (χ1) is 7.95. The van der Waals surface area contributed by atoms with E-state index in [0.29, 0.717) is 17.3 Å². The van der Waals surface area contributed by atoms with Crippen LogP contribution >= 0.6 is 36.4 Å². The lowest BCUT2D eigenvalue weighted by atomic mass is 10.1. The van der Waals surface area contributed by atoms with Gasteiger partial charge in [0.25, 0.3) is 0 Å². The molecular formula is C12H20Cl3N3O. The van der Waals surface area contributed by atoms with Crippen molar-refractivity contribution < 1.29 is 4.79 Å². The summed E-state index contributed by atoms with van der Waals surface area (Å²) in [5.41, 5.74) is 7.07. The number of amides is 1. The largest absolute Gasteiger partial charge is 0.376 e. The lowest BCUT2D eigenvalue weighted by Gasteiger charge is -2.19. The Morgan fingerprint density at radius 1 is 1.42 bits per heavy atom. The fourth-order valence-corrected chi connectivity index (χ4v) is 1.53. The molecule has 0 aliphatic carbocycles. The maximum Gasteiger partial charge on any atom is 0.228 e. The molecule has 0 radical (unpaired) electrons. The van der Waals surface area contributed by atoms with Crippen LogP contribution in [-0.4, -0.2) is 26.5 Å². The molecule has 7 heteroatoms. The lowest BCUT2D eigenvalue weighted by molar-refractivity contribution is -0.119. The maximum atomic E-state index is 11.8. The minimum Gasteiger partial charge on any atom is -0.376 e. The number of hydrogen-bond donors (Lipinski definition) is 2. The normalized spacial score (nSPS) is 10.8. The van der Waals surface area contributed by atoms with Gasteiger partial charge in [0.05, 0.1) is 11.4 Å². The first-order valence-corrected chi connectivity index (χ1v) is 5.81.